The zero-order chi connectivity index (χ0) is 15.0. The molecule has 2 rings (SSSR count). The number of rotatable bonds is 2. The number of carbonyl (C=O) groups is 1. The molecule has 1 nitrogen and oxygen atoms in total. The number of halogens is 4. The van der Waals surface area contributed by atoms with Crippen molar-refractivity contribution in [1.29, 1.82) is 0 Å². The van der Waals surface area contributed by atoms with Crippen LogP contribution >= 0.6 is 31.9 Å². The number of hydrogen-bond donors (Lipinski definition) is 0. The second-order valence-corrected chi connectivity index (χ2v) is 6.11. The molecule has 0 heterocycles. The molecule has 0 radical (unpaired) electrons. The predicted octanol–water partition coefficient (Wildman–Crippen LogP) is 5.34. The van der Waals surface area contributed by atoms with Gasteiger partial charge in [-0.1, -0.05) is 0 Å². The van der Waals surface area contributed by atoms with E-state index in [0.717, 1.165) is 0 Å². The summed E-state index contributed by atoms with van der Waals surface area (Å²) in [5.74, 6) is -1.35. The first-order valence-electron chi connectivity index (χ1n) is 5.78. The van der Waals surface area contributed by atoms with Crippen LogP contribution in [0, 0.1) is 25.5 Å². The quantitative estimate of drug-likeness (QED) is 0.618. The Labute approximate surface area is 132 Å². The van der Waals surface area contributed by atoms with Gasteiger partial charge < -0.3 is 0 Å². The minimum atomic E-state index is -0.480. The number of hydrogen-bond acceptors (Lipinski definition) is 1. The number of carbonyl (C=O) groups excluding carboxylic acids is 1. The van der Waals surface area contributed by atoms with Gasteiger partial charge >= 0.3 is 0 Å². The fraction of sp³-hybridized carbons (Fsp3) is 0.133. The predicted molar refractivity (Wildman–Crippen MR) is 81.1 cm³/mol. The number of benzene rings is 2. The third kappa shape index (κ3) is 2.56. The molecule has 0 bridgehead atoms. The largest absolute Gasteiger partial charge is 0.289 e. The van der Waals surface area contributed by atoms with Gasteiger partial charge in [0.25, 0.3) is 0 Å². The fourth-order valence-electron chi connectivity index (χ4n) is 1.94. The Kier molecular flexibility index (Phi) is 4.39. The van der Waals surface area contributed by atoms with Crippen LogP contribution in [0.1, 0.15) is 27.0 Å². The van der Waals surface area contributed by atoms with Crippen molar-refractivity contribution in [2.24, 2.45) is 0 Å². The summed E-state index contributed by atoms with van der Waals surface area (Å²) in [6.45, 7) is 3.05. The van der Waals surface area contributed by atoms with Crippen LogP contribution in [0.4, 0.5) is 8.78 Å². The molecule has 2 aromatic rings. The van der Waals surface area contributed by atoms with Gasteiger partial charge in [0.2, 0.25) is 0 Å². The molecule has 0 amide bonds. The first kappa shape index (κ1) is 15.3. The smallest absolute Gasteiger partial charge is 0.193 e. The summed E-state index contributed by atoms with van der Waals surface area (Å²) in [5, 5.41) is 0. The molecule has 0 aliphatic rings. The van der Waals surface area contributed by atoms with Crippen LogP contribution in [0.5, 0.6) is 0 Å². The first-order valence-corrected chi connectivity index (χ1v) is 7.37. The number of ketones is 1. The van der Waals surface area contributed by atoms with E-state index in [4.69, 9.17) is 0 Å². The van der Waals surface area contributed by atoms with Crippen molar-refractivity contribution in [3.63, 3.8) is 0 Å². The van der Waals surface area contributed by atoms with Gasteiger partial charge in [-0.2, -0.15) is 0 Å². The molecule has 0 unspecified atom stereocenters. The summed E-state index contributed by atoms with van der Waals surface area (Å²) < 4.78 is 28.3. The second kappa shape index (κ2) is 5.74. The average Bonchev–Trinajstić information content (AvgIpc) is 2.42. The first-order chi connectivity index (χ1) is 9.34. The molecular formula is C15H10Br2F2O. The van der Waals surface area contributed by atoms with E-state index in [2.05, 4.69) is 31.9 Å². The Morgan fingerprint density at radius 1 is 0.850 bits per heavy atom. The average molecular weight is 404 g/mol. The van der Waals surface area contributed by atoms with Gasteiger partial charge in [0, 0.05) is 11.1 Å². The van der Waals surface area contributed by atoms with E-state index in [9.17, 15) is 13.6 Å². The highest BCUT2D eigenvalue weighted by molar-refractivity contribution is 9.10. The lowest BCUT2D eigenvalue weighted by atomic mass is 9.95. The molecule has 0 aromatic heterocycles. The van der Waals surface area contributed by atoms with E-state index >= 15 is 0 Å². The van der Waals surface area contributed by atoms with E-state index in [1.165, 1.54) is 38.1 Å². The van der Waals surface area contributed by atoms with Crippen molar-refractivity contribution in [2.75, 3.05) is 0 Å². The molecule has 0 spiro atoms. The highest BCUT2D eigenvalue weighted by Crippen LogP contribution is 2.27. The van der Waals surface area contributed by atoms with Crippen LogP contribution in [0.3, 0.4) is 0 Å². The van der Waals surface area contributed by atoms with E-state index < -0.39 is 17.4 Å². The lowest BCUT2D eigenvalue weighted by Gasteiger charge is -2.10. The van der Waals surface area contributed by atoms with Crippen molar-refractivity contribution in [3.8, 4) is 0 Å². The van der Waals surface area contributed by atoms with Crippen LogP contribution in [-0.2, 0) is 0 Å². The Morgan fingerprint density at radius 3 is 1.55 bits per heavy atom. The SMILES string of the molecule is Cc1c(C(=O)c2ccc(Br)c(F)c2C)ccc(Br)c1F. The summed E-state index contributed by atoms with van der Waals surface area (Å²) in [6, 6.07) is 6.01. The van der Waals surface area contributed by atoms with Crippen molar-refractivity contribution < 1.29 is 13.6 Å². The maximum Gasteiger partial charge on any atom is 0.193 e. The Balaban J connectivity index is 2.58. The van der Waals surface area contributed by atoms with Gasteiger partial charge in [-0.05, 0) is 81.1 Å². The molecule has 5 heteroatoms. The monoisotopic (exact) mass is 402 g/mol. The van der Waals surface area contributed by atoms with E-state index in [0.29, 0.717) is 8.95 Å². The Bertz CT molecular complexity index is 652. The maximum atomic E-state index is 13.8. The molecule has 0 saturated carbocycles. The van der Waals surface area contributed by atoms with Crippen LogP contribution in [-0.4, -0.2) is 5.78 Å². The fourth-order valence-corrected chi connectivity index (χ4v) is 2.80. The molecule has 2 aromatic carbocycles. The zero-order valence-corrected chi connectivity index (χ0v) is 13.9. The van der Waals surface area contributed by atoms with Crippen LogP contribution in [0.15, 0.2) is 33.2 Å². The normalized spacial score (nSPS) is 10.7. The Morgan fingerprint density at radius 2 is 1.20 bits per heavy atom. The molecule has 0 N–H and O–H groups in total. The summed E-state index contributed by atoms with van der Waals surface area (Å²) in [5.41, 5.74) is 0.949. The molecule has 20 heavy (non-hydrogen) atoms. The van der Waals surface area contributed by atoms with Gasteiger partial charge in [0.15, 0.2) is 5.78 Å². The maximum absolute atomic E-state index is 13.8. The molecule has 0 aliphatic heterocycles. The lowest BCUT2D eigenvalue weighted by molar-refractivity contribution is 0.103. The third-order valence-corrected chi connectivity index (χ3v) is 4.39. The van der Waals surface area contributed by atoms with Crippen molar-refractivity contribution in [3.05, 3.63) is 67.1 Å². The second-order valence-electron chi connectivity index (χ2n) is 4.40. The van der Waals surface area contributed by atoms with Crippen LogP contribution < -0.4 is 0 Å². The van der Waals surface area contributed by atoms with Crippen molar-refractivity contribution in [1.82, 2.24) is 0 Å². The van der Waals surface area contributed by atoms with Crippen molar-refractivity contribution >= 4 is 37.6 Å². The lowest BCUT2D eigenvalue weighted by Crippen LogP contribution is -2.08. The van der Waals surface area contributed by atoms with Gasteiger partial charge in [0.1, 0.15) is 11.6 Å². The minimum Gasteiger partial charge on any atom is -0.289 e. The van der Waals surface area contributed by atoms with E-state index in [1.54, 1.807) is 0 Å². The highest BCUT2D eigenvalue weighted by Gasteiger charge is 2.19. The summed E-state index contributed by atoms with van der Waals surface area (Å²) in [6.07, 6.45) is 0. The topological polar surface area (TPSA) is 17.1 Å². The standard InChI is InChI=1S/C15H10Br2F2O/c1-7-9(3-5-11(16)13(7)18)15(20)10-4-6-12(17)14(19)8(10)2/h3-6H,1-2H3. The van der Waals surface area contributed by atoms with Gasteiger partial charge in [-0.25, -0.2) is 8.78 Å². The zero-order valence-electron chi connectivity index (χ0n) is 10.7. The van der Waals surface area contributed by atoms with Crippen LogP contribution in [0.2, 0.25) is 0 Å². The van der Waals surface area contributed by atoms with E-state index in [-0.39, 0.29) is 22.3 Å². The summed E-state index contributed by atoms with van der Waals surface area (Å²) in [4.78, 5) is 12.5. The van der Waals surface area contributed by atoms with Gasteiger partial charge in [0.05, 0.1) is 8.95 Å². The molecule has 0 aliphatic carbocycles. The molecular weight excluding hydrogens is 394 g/mol. The molecule has 0 fully saturated rings. The van der Waals surface area contributed by atoms with E-state index in [1.807, 2.05) is 0 Å². The van der Waals surface area contributed by atoms with Gasteiger partial charge in [-0.15, -0.1) is 0 Å². The summed E-state index contributed by atoms with van der Waals surface area (Å²) >= 11 is 6.14. The minimum absolute atomic E-state index is 0.232. The van der Waals surface area contributed by atoms with Gasteiger partial charge in [-0.3, -0.25) is 4.79 Å². The van der Waals surface area contributed by atoms with Crippen LogP contribution in [0.25, 0.3) is 0 Å². The third-order valence-electron chi connectivity index (χ3n) is 3.17. The highest BCUT2D eigenvalue weighted by atomic mass is 79.9. The molecule has 104 valence electrons. The molecule has 0 saturated heterocycles. The Hall–Kier alpha value is -1.07. The van der Waals surface area contributed by atoms with Crippen molar-refractivity contribution in [2.45, 2.75) is 13.8 Å². The summed E-state index contributed by atoms with van der Waals surface area (Å²) in [7, 11) is 0. The molecule has 0 atom stereocenters.